The van der Waals surface area contributed by atoms with Crippen molar-refractivity contribution >= 4 is 11.8 Å². The Hall–Kier alpha value is -2.04. The minimum Gasteiger partial charge on any atom is -0.484 e. The smallest absolute Gasteiger partial charge is 0.258 e. The molecule has 0 aromatic heterocycles. The number of carbonyl (C=O) groups is 2. The van der Waals surface area contributed by atoms with E-state index < -0.39 is 0 Å². The molecule has 0 fully saturated rings. The van der Waals surface area contributed by atoms with Gasteiger partial charge in [0.1, 0.15) is 5.75 Å². The van der Waals surface area contributed by atoms with Crippen LogP contribution < -0.4 is 15.4 Å². The fourth-order valence-corrected chi connectivity index (χ4v) is 2.14. The molecule has 5 heteroatoms. The van der Waals surface area contributed by atoms with Crippen molar-refractivity contribution in [2.45, 2.75) is 46.6 Å². The number of rotatable bonds is 7. The minimum atomic E-state index is -0.315. The highest BCUT2D eigenvalue weighted by molar-refractivity contribution is 5.85. The molecule has 0 saturated heterocycles. The van der Waals surface area contributed by atoms with Gasteiger partial charge in [0.25, 0.3) is 5.91 Å². The summed E-state index contributed by atoms with van der Waals surface area (Å²) in [6.45, 7) is 9.90. The standard InChI is InChI=1S/C17H26N2O3/c1-11(2)15-7-6-14(8-13(15)5)22-10-17(21)18-9-16(20)19-12(3)4/h6-8,11-12H,9-10H2,1-5H3,(H,18,21)(H,19,20). The van der Waals surface area contributed by atoms with Crippen molar-refractivity contribution in [1.29, 1.82) is 0 Å². The first kappa shape index (κ1) is 18.0. The second kappa shape index (κ2) is 8.41. The summed E-state index contributed by atoms with van der Waals surface area (Å²) in [6, 6.07) is 5.86. The Bertz CT molecular complexity index is 525. The Morgan fingerprint density at radius 1 is 1.14 bits per heavy atom. The van der Waals surface area contributed by atoms with Crippen molar-refractivity contribution < 1.29 is 14.3 Å². The van der Waals surface area contributed by atoms with Crippen LogP contribution >= 0.6 is 0 Å². The molecule has 2 amide bonds. The number of amides is 2. The predicted octanol–water partition coefficient (Wildman–Crippen LogP) is 2.14. The van der Waals surface area contributed by atoms with Crippen molar-refractivity contribution in [2.24, 2.45) is 0 Å². The average molecular weight is 306 g/mol. The Balaban J connectivity index is 2.41. The molecule has 0 unspecified atom stereocenters. The lowest BCUT2D eigenvalue weighted by Gasteiger charge is -2.13. The average Bonchev–Trinajstić information content (AvgIpc) is 2.41. The summed E-state index contributed by atoms with van der Waals surface area (Å²) in [6.07, 6.45) is 0. The van der Waals surface area contributed by atoms with Gasteiger partial charge in [0.15, 0.2) is 6.61 Å². The number of ether oxygens (including phenoxy) is 1. The van der Waals surface area contributed by atoms with Gasteiger partial charge in [-0.1, -0.05) is 19.9 Å². The molecule has 0 saturated carbocycles. The van der Waals surface area contributed by atoms with Crippen LogP contribution in [0.5, 0.6) is 5.75 Å². The van der Waals surface area contributed by atoms with Gasteiger partial charge >= 0.3 is 0 Å². The highest BCUT2D eigenvalue weighted by Crippen LogP contribution is 2.23. The van der Waals surface area contributed by atoms with Gasteiger partial charge in [-0.05, 0) is 49.9 Å². The topological polar surface area (TPSA) is 67.4 Å². The van der Waals surface area contributed by atoms with E-state index in [-0.39, 0.29) is 31.0 Å². The third kappa shape index (κ3) is 6.16. The largest absolute Gasteiger partial charge is 0.484 e. The number of hydrogen-bond acceptors (Lipinski definition) is 3. The molecule has 1 aromatic rings. The summed E-state index contributed by atoms with van der Waals surface area (Å²) < 4.78 is 5.45. The summed E-state index contributed by atoms with van der Waals surface area (Å²) in [5.41, 5.74) is 2.41. The number of nitrogens with one attached hydrogen (secondary N) is 2. The summed E-state index contributed by atoms with van der Waals surface area (Å²) in [5, 5.41) is 5.23. The first-order chi connectivity index (χ1) is 10.3. The first-order valence-electron chi connectivity index (χ1n) is 7.59. The van der Waals surface area contributed by atoms with Gasteiger partial charge in [-0.25, -0.2) is 0 Å². The van der Waals surface area contributed by atoms with E-state index in [1.807, 2.05) is 39.0 Å². The Morgan fingerprint density at radius 3 is 2.36 bits per heavy atom. The Morgan fingerprint density at radius 2 is 1.82 bits per heavy atom. The number of hydrogen-bond donors (Lipinski definition) is 2. The van der Waals surface area contributed by atoms with Gasteiger partial charge in [-0.2, -0.15) is 0 Å². The van der Waals surface area contributed by atoms with Crippen molar-refractivity contribution in [3.63, 3.8) is 0 Å². The summed E-state index contributed by atoms with van der Waals surface area (Å²) in [5.74, 6) is 0.588. The van der Waals surface area contributed by atoms with Crippen LogP contribution in [0.3, 0.4) is 0 Å². The van der Waals surface area contributed by atoms with Crippen LogP contribution in [0.4, 0.5) is 0 Å². The fourth-order valence-electron chi connectivity index (χ4n) is 2.14. The van der Waals surface area contributed by atoms with E-state index >= 15 is 0 Å². The molecular formula is C17H26N2O3. The Labute approximate surface area is 132 Å². The van der Waals surface area contributed by atoms with E-state index in [0.29, 0.717) is 11.7 Å². The van der Waals surface area contributed by atoms with Crippen LogP contribution in [-0.2, 0) is 9.59 Å². The van der Waals surface area contributed by atoms with Gasteiger partial charge in [0.05, 0.1) is 6.54 Å². The van der Waals surface area contributed by atoms with Gasteiger partial charge in [-0.3, -0.25) is 9.59 Å². The molecule has 0 aliphatic heterocycles. The molecule has 22 heavy (non-hydrogen) atoms. The molecule has 122 valence electrons. The molecule has 0 bridgehead atoms. The molecule has 1 rings (SSSR count). The fraction of sp³-hybridized carbons (Fsp3) is 0.529. The third-order valence-corrected chi connectivity index (χ3v) is 3.13. The lowest BCUT2D eigenvalue weighted by Crippen LogP contribution is -2.41. The zero-order valence-electron chi connectivity index (χ0n) is 14.0. The van der Waals surface area contributed by atoms with Crippen molar-refractivity contribution in [1.82, 2.24) is 10.6 Å². The van der Waals surface area contributed by atoms with Crippen LogP contribution in [0.2, 0.25) is 0 Å². The zero-order chi connectivity index (χ0) is 16.7. The molecule has 0 heterocycles. The van der Waals surface area contributed by atoms with Gasteiger partial charge in [-0.15, -0.1) is 0 Å². The maximum atomic E-state index is 11.7. The van der Waals surface area contributed by atoms with Crippen LogP contribution in [0.25, 0.3) is 0 Å². The quantitative estimate of drug-likeness (QED) is 0.811. The Kier molecular flexibility index (Phi) is 6.89. The normalized spacial score (nSPS) is 10.7. The van der Waals surface area contributed by atoms with E-state index in [1.165, 1.54) is 5.56 Å². The molecule has 0 aliphatic carbocycles. The molecule has 1 aromatic carbocycles. The third-order valence-electron chi connectivity index (χ3n) is 3.13. The van der Waals surface area contributed by atoms with E-state index in [4.69, 9.17) is 4.74 Å². The number of benzene rings is 1. The number of carbonyl (C=O) groups excluding carboxylic acids is 2. The van der Waals surface area contributed by atoms with Crippen LogP contribution in [-0.4, -0.2) is 31.0 Å². The number of aryl methyl sites for hydroxylation is 1. The lowest BCUT2D eigenvalue weighted by atomic mass is 9.98. The second-order valence-electron chi connectivity index (χ2n) is 5.96. The summed E-state index contributed by atoms with van der Waals surface area (Å²) >= 11 is 0. The molecule has 0 aliphatic rings. The molecule has 5 nitrogen and oxygen atoms in total. The molecule has 0 spiro atoms. The van der Waals surface area contributed by atoms with E-state index in [0.717, 1.165) is 5.56 Å². The predicted molar refractivity (Wildman–Crippen MR) is 87.1 cm³/mol. The van der Waals surface area contributed by atoms with Crippen molar-refractivity contribution in [3.8, 4) is 5.75 Å². The van der Waals surface area contributed by atoms with Crippen LogP contribution in [0, 0.1) is 6.92 Å². The summed E-state index contributed by atoms with van der Waals surface area (Å²) in [7, 11) is 0. The highest BCUT2D eigenvalue weighted by atomic mass is 16.5. The molecule has 0 radical (unpaired) electrons. The maximum absolute atomic E-state index is 11.7. The van der Waals surface area contributed by atoms with E-state index in [1.54, 1.807) is 0 Å². The lowest BCUT2D eigenvalue weighted by molar-refractivity contribution is -0.127. The highest BCUT2D eigenvalue weighted by Gasteiger charge is 2.08. The maximum Gasteiger partial charge on any atom is 0.258 e. The minimum absolute atomic E-state index is 0.0360. The second-order valence-corrected chi connectivity index (χ2v) is 5.96. The molecular weight excluding hydrogens is 280 g/mol. The first-order valence-corrected chi connectivity index (χ1v) is 7.59. The molecule has 0 atom stereocenters. The van der Waals surface area contributed by atoms with E-state index in [2.05, 4.69) is 24.5 Å². The van der Waals surface area contributed by atoms with Crippen molar-refractivity contribution in [2.75, 3.05) is 13.2 Å². The van der Waals surface area contributed by atoms with Crippen molar-refractivity contribution in [3.05, 3.63) is 29.3 Å². The van der Waals surface area contributed by atoms with Gasteiger partial charge < -0.3 is 15.4 Å². The van der Waals surface area contributed by atoms with Crippen LogP contribution in [0.1, 0.15) is 44.7 Å². The SMILES string of the molecule is Cc1cc(OCC(=O)NCC(=O)NC(C)C)ccc1C(C)C. The van der Waals surface area contributed by atoms with Gasteiger partial charge in [0, 0.05) is 6.04 Å². The van der Waals surface area contributed by atoms with E-state index in [9.17, 15) is 9.59 Å². The molecule has 2 N–H and O–H groups in total. The van der Waals surface area contributed by atoms with Gasteiger partial charge in [0.2, 0.25) is 5.91 Å². The van der Waals surface area contributed by atoms with Crippen LogP contribution in [0.15, 0.2) is 18.2 Å². The summed E-state index contributed by atoms with van der Waals surface area (Å²) in [4.78, 5) is 23.1. The zero-order valence-corrected chi connectivity index (χ0v) is 14.0. The monoisotopic (exact) mass is 306 g/mol.